The summed E-state index contributed by atoms with van der Waals surface area (Å²) >= 11 is 0. The van der Waals surface area contributed by atoms with Crippen LogP contribution in [0.5, 0.6) is 0 Å². The van der Waals surface area contributed by atoms with E-state index in [9.17, 15) is 10.1 Å². The van der Waals surface area contributed by atoms with E-state index in [1.165, 1.54) is 0 Å². The summed E-state index contributed by atoms with van der Waals surface area (Å²) < 4.78 is 0. The second kappa shape index (κ2) is 4.22. The summed E-state index contributed by atoms with van der Waals surface area (Å²) in [5, 5.41) is 14.4. The summed E-state index contributed by atoms with van der Waals surface area (Å²) in [5.41, 5.74) is 2.10. The monoisotopic (exact) mass is 262 g/mol. The number of hydrogen-bond donors (Lipinski definition) is 1. The van der Waals surface area contributed by atoms with Crippen LogP contribution in [-0.4, -0.2) is 11.5 Å². The van der Waals surface area contributed by atoms with Crippen molar-refractivity contribution in [1.29, 1.82) is 0 Å². The molecule has 1 aliphatic rings. The molecule has 0 amide bonds. The second-order valence-corrected chi connectivity index (χ2v) is 6.61. The van der Waals surface area contributed by atoms with Gasteiger partial charge in [-0.15, -0.1) is 0 Å². The number of para-hydroxylation sites is 1. The highest BCUT2D eigenvalue weighted by molar-refractivity contribution is 5.65. The van der Waals surface area contributed by atoms with Crippen LogP contribution in [0.1, 0.15) is 33.3 Å². The van der Waals surface area contributed by atoms with Crippen molar-refractivity contribution in [2.75, 3.05) is 11.9 Å². The summed E-state index contributed by atoms with van der Waals surface area (Å²) in [6.07, 6.45) is 0. The molecule has 1 saturated carbocycles. The van der Waals surface area contributed by atoms with Crippen LogP contribution in [0.25, 0.3) is 0 Å². The molecule has 0 bridgehead atoms. The number of nitrogens with zero attached hydrogens (tertiary/aromatic N) is 1. The van der Waals surface area contributed by atoms with E-state index >= 15 is 0 Å². The molecular formula is C15H22N2O2. The number of nitro groups is 1. The Balaban J connectivity index is 2.14. The third-order valence-electron chi connectivity index (χ3n) is 5.24. The van der Waals surface area contributed by atoms with Crippen LogP contribution in [-0.2, 0) is 0 Å². The van der Waals surface area contributed by atoms with Crippen molar-refractivity contribution in [1.82, 2.24) is 0 Å². The van der Waals surface area contributed by atoms with Gasteiger partial charge >= 0.3 is 0 Å². The van der Waals surface area contributed by atoms with Crippen LogP contribution < -0.4 is 5.32 Å². The van der Waals surface area contributed by atoms with Gasteiger partial charge in [0, 0.05) is 12.1 Å². The maximum absolute atomic E-state index is 11.1. The lowest BCUT2D eigenvalue weighted by atomic mass is 10.0. The molecule has 1 fully saturated rings. The van der Waals surface area contributed by atoms with E-state index in [1.807, 2.05) is 6.07 Å². The Morgan fingerprint density at radius 2 is 1.84 bits per heavy atom. The average Bonchev–Trinajstić information content (AvgIpc) is 2.66. The minimum Gasteiger partial charge on any atom is -0.379 e. The van der Waals surface area contributed by atoms with Gasteiger partial charge < -0.3 is 5.32 Å². The van der Waals surface area contributed by atoms with E-state index in [0.29, 0.717) is 28.0 Å². The fourth-order valence-electron chi connectivity index (χ4n) is 3.10. The van der Waals surface area contributed by atoms with Crippen LogP contribution in [0, 0.1) is 33.8 Å². The zero-order valence-electron chi connectivity index (χ0n) is 12.3. The molecule has 19 heavy (non-hydrogen) atoms. The molecule has 0 atom stereocenters. The SMILES string of the molecule is Cc1cccc(NCC2C(C)(C)C2(C)C)c1[N+](=O)[O-]. The minimum absolute atomic E-state index is 0.193. The molecule has 0 saturated heterocycles. The first kappa shape index (κ1) is 13.8. The van der Waals surface area contributed by atoms with E-state index in [2.05, 4.69) is 33.0 Å². The molecule has 0 heterocycles. The Hall–Kier alpha value is -1.58. The number of nitrogens with one attached hydrogen (secondary N) is 1. The molecule has 104 valence electrons. The standard InChI is InChI=1S/C15H22N2O2/c1-10-7-6-8-11(13(10)17(18)19)16-9-12-14(2,3)15(12,4)5/h6-8,12,16H,9H2,1-5H3. The maximum atomic E-state index is 11.1. The molecule has 0 aliphatic heterocycles. The quantitative estimate of drug-likeness (QED) is 0.659. The summed E-state index contributed by atoms with van der Waals surface area (Å²) in [6.45, 7) is 11.6. The summed E-state index contributed by atoms with van der Waals surface area (Å²) in [6, 6.07) is 5.41. The molecule has 0 spiro atoms. The molecule has 1 N–H and O–H groups in total. The normalized spacial score (nSPS) is 20.1. The first-order valence-electron chi connectivity index (χ1n) is 6.67. The van der Waals surface area contributed by atoms with Crippen LogP contribution in [0.3, 0.4) is 0 Å². The van der Waals surface area contributed by atoms with Crippen molar-refractivity contribution < 1.29 is 4.92 Å². The third kappa shape index (κ3) is 2.09. The Kier molecular flexibility index (Phi) is 3.07. The number of anilines is 1. The first-order chi connectivity index (χ1) is 8.69. The average molecular weight is 262 g/mol. The largest absolute Gasteiger partial charge is 0.379 e. The van der Waals surface area contributed by atoms with Gasteiger partial charge in [-0.05, 0) is 29.7 Å². The lowest BCUT2D eigenvalue weighted by molar-refractivity contribution is -0.384. The van der Waals surface area contributed by atoms with Crippen molar-refractivity contribution in [3.63, 3.8) is 0 Å². The first-order valence-corrected chi connectivity index (χ1v) is 6.67. The van der Waals surface area contributed by atoms with Crippen LogP contribution in [0.4, 0.5) is 11.4 Å². The summed E-state index contributed by atoms with van der Waals surface area (Å²) in [5.74, 6) is 0.542. The lowest BCUT2D eigenvalue weighted by Gasteiger charge is -2.09. The number of benzene rings is 1. The number of hydrogen-bond acceptors (Lipinski definition) is 3. The van der Waals surface area contributed by atoms with Gasteiger partial charge in [-0.3, -0.25) is 10.1 Å². The fourth-order valence-corrected chi connectivity index (χ4v) is 3.10. The molecule has 1 aromatic rings. The molecule has 1 aromatic carbocycles. The van der Waals surface area contributed by atoms with Crippen LogP contribution in [0.15, 0.2) is 18.2 Å². The Bertz CT molecular complexity index is 507. The van der Waals surface area contributed by atoms with Gasteiger partial charge in [0.15, 0.2) is 0 Å². The molecule has 1 aliphatic carbocycles. The highest BCUT2D eigenvalue weighted by atomic mass is 16.6. The molecule has 0 radical (unpaired) electrons. The van der Waals surface area contributed by atoms with Crippen molar-refractivity contribution in [2.45, 2.75) is 34.6 Å². The lowest BCUT2D eigenvalue weighted by Crippen LogP contribution is -2.10. The minimum atomic E-state index is -0.305. The van der Waals surface area contributed by atoms with Crippen molar-refractivity contribution >= 4 is 11.4 Å². The molecular weight excluding hydrogens is 240 g/mol. The van der Waals surface area contributed by atoms with Gasteiger partial charge in [0.2, 0.25) is 0 Å². The molecule has 4 nitrogen and oxygen atoms in total. The molecule has 0 aromatic heterocycles. The van der Waals surface area contributed by atoms with Crippen molar-refractivity contribution in [3.8, 4) is 0 Å². The van der Waals surface area contributed by atoms with Gasteiger partial charge in [0.25, 0.3) is 5.69 Å². The predicted molar refractivity (Wildman–Crippen MR) is 77.4 cm³/mol. The van der Waals surface area contributed by atoms with Gasteiger partial charge in [-0.25, -0.2) is 0 Å². The zero-order chi connectivity index (χ0) is 14.4. The zero-order valence-corrected chi connectivity index (χ0v) is 12.3. The maximum Gasteiger partial charge on any atom is 0.295 e. The van der Waals surface area contributed by atoms with E-state index in [0.717, 1.165) is 6.54 Å². The highest BCUT2D eigenvalue weighted by Gasteiger charge is 2.64. The molecule has 0 unspecified atom stereocenters. The van der Waals surface area contributed by atoms with E-state index < -0.39 is 0 Å². The number of nitro benzene ring substituents is 1. The van der Waals surface area contributed by atoms with E-state index in [-0.39, 0.29) is 10.6 Å². The van der Waals surface area contributed by atoms with Crippen LogP contribution in [0.2, 0.25) is 0 Å². The van der Waals surface area contributed by atoms with Crippen molar-refractivity contribution in [2.24, 2.45) is 16.7 Å². The van der Waals surface area contributed by atoms with E-state index in [4.69, 9.17) is 0 Å². The Labute approximate surface area is 114 Å². The molecule has 4 heteroatoms. The van der Waals surface area contributed by atoms with Crippen LogP contribution >= 0.6 is 0 Å². The second-order valence-electron chi connectivity index (χ2n) is 6.61. The Morgan fingerprint density at radius 3 is 2.32 bits per heavy atom. The van der Waals surface area contributed by atoms with Gasteiger partial charge in [-0.2, -0.15) is 0 Å². The highest BCUT2D eigenvalue weighted by Crippen LogP contribution is 2.68. The predicted octanol–water partition coefficient (Wildman–Crippen LogP) is 4.00. The molecule has 2 rings (SSSR count). The smallest absolute Gasteiger partial charge is 0.295 e. The summed E-state index contributed by atoms with van der Waals surface area (Å²) in [4.78, 5) is 10.8. The topological polar surface area (TPSA) is 55.2 Å². The Morgan fingerprint density at radius 1 is 1.26 bits per heavy atom. The number of aryl methyl sites for hydroxylation is 1. The summed E-state index contributed by atoms with van der Waals surface area (Å²) in [7, 11) is 0. The van der Waals surface area contributed by atoms with Gasteiger partial charge in [-0.1, -0.05) is 39.8 Å². The third-order valence-corrected chi connectivity index (χ3v) is 5.24. The number of rotatable bonds is 4. The van der Waals surface area contributed by atoms with Gasteiger partial charge in [0.05, 0.1) is 4.92 Å². The fraction of sp³-hybridized carbons (Fsp3) is 0.600. The van der Waals surface area contributed by atoms with E-state index in [1.54, 1.807) is 19.1 Å². The van der Waals surface area contributed by atoms with Gasteiger partial charge in [0.1, 0.15) is 5.69 Å². The van der Waals surface area contributed by atoms with Crippen molar-refractivity contribution in [3.05, 3.63) is 33.9 Å².